The minimum Gasteiger partial charge on any atom is -0.423 e. The number of benzene rings is 2. The van der Waals surface area contributed by atoms with Gasteiger partial charge in [0, 0.05) is 11.4 Å². The van der Waals surface area contributed by atoms with Crippen molar-refractivity contribution < 1.29 is 22.4 Å². The van der Waals surface area contributed by atoms with Crippen molar-refractivity contribution in [3.05, 3.63) is 63.9 Å². The highest BCUT2D eigenvalue weighted by atomic mass is 19.4. The lowest BCUT2D eigenvalue weighted by atomic mass is 10.1. The number of fused-ring (bicyclic) bond motifs is 2. The van der Waals surface area contributed by atoms with Crippen LogP contribution in [0.15, 0.2) is 51.7 Å². The summed E-state index contributed by atoms with van der Waals surface area (Å²) in [6, 6.07) is 9.43. The maximum absolute atomic E-state index is 13.1. The summed E-state index contributed by atoms with van der Waals surface area (Å²) in [6.07, 6.45) is -4.94. The van der Waals surface area contributed by atoms with E-state index in [1.807, 2.05) is 0 Å². The highest BCUT2D eigenvalue weighted by molar-refractivity contribution is 5.92. The van der Waals surface area contributed by atoms with Gasteiger partial charge in [-0.05, 0) is 44.2 Å². The summed E-state index contributed by atoms with van der Waals surface area (Å²) in [5, 5.41) is 6.71. The molecular formula is C21H17F3N4O3. The quantitative estimate of drug-likeness (QED) is 0.521. The van der Waals surface area contributed by atoms with Crippen LogP contribution >= 0.6 is 0 Å². The Bertz CT molecular complexity index is 1320. The minimum atomic E-state index is -4.55. The predicted octanol–water partition coefficient (Wildman–Crippen LogP) is 4.32. The first kappa shape index (κ1) is 20.6. The lowest BCUT2D eigenvalue weighted by Gasteiger charge is -2.16. The van der Waals surface area contributed by atoms with Crippen molar-refractivity contribution >= 4 is 33.9 Å². The van der Waals surface area contributed by atoms with Gasteiger partial charge in [0.2, 0.25) is 11.3 Å². The summed E-state index contributed by atoms with van der Waals surface area (Å²) < 4.78 is 46.1. The zero-order chi connectivity index (χ0) is 22.3. The van der Waals surface area contributed by atoms with Crippen molar-refractivity contribution in [2.24, 2.45) is 0 Å². The van der Waals surface area contributed by atoms with Crippen LogP contribution in [0.4, 0.5) is 19.2 Å². The van der Waals surface area contributed by atoms with E-state index >= 15 is 0 Å². The van der Waals surface area contributed by atoms with Crippen molar-refractivity contribution in [1.82, 2.24) is 14.8 Å². The summed E-state index contributed by atoms with van der Waals surface area (Å²) in [5.74, 6) is -0.585. The molecule has 160 valence electrons. The molecule has 4 aromatic rings. The third-order valence-corrected chi connectivity index (χ3v) is 4.66. The molecule has 2 heterocycles. The van der Waals surface area contributed by atoms with Gasteiger partial charge in [0.05, 0.1) is 17.5 Å². The Hall–Kier alpha value is -3.69. The maximum atomic E-state index is 13.1. The third kappa shape index (κ3) is 4.00. The Labute approximate surface area is 173 Å². The number of carbonyl (C=O) groups excluding carboxylic acids is 1. The molecule has 0 aliphatic heterocycles. The van der Waals surface area contributed by atoms with Crippen molar-refractivity contribution in [3.8, 4) is 0 Å². The first-order valence-corrected chi connectivity index (χ1v) is 9.41. The molecule has 0 saturated carbocycles. The van der Waals surface area contributed by atoms with Crippen LogP contribution in [-0.4, -0.2) is 20.7 Å². The first-order chi connectivity index (χ1) is 14.6. The largest absolute Gasteiger partial charge is 0.423 e. The molecule has 0 bridgehead atoms. The molecule has 0 unspecified atom stereocenters. The molecule has 0 aliphatic carbocycles. The number of nitrogens with one attached hydrogen (secondary N) is 1. The van der Waals surface area contributed by atoms with Gasteiger partial charge in [-0.1, -0.05) is 12.1 Å². The van der Waals surface area contributed by atoms with Gasteiger partial charge in [-0.3, -0.25) is 19.6 Å². The summed E-state index contributed by atoms with van der Waals surface area (Å²) in [6.45, 7) is 3.44. The van der Waals surface area contributed by atoms with Crippen molar-refractivity contribution in [3.63, 3.8) is 0 Å². The van der Waals surface area contributed by atoms with Crippen molar-refractivity contribution in [1.29, 1.82) is 0 Å². The fourth-order valence-corrected chi connectivity index (χ4v) is 3.22. The van der Waals surface area contributed by atoms with E-state index in [1.54, 1.807) is 38.1 Å². The summed E-state index contributed by atoms with van der Waals surface area (Å²) in [7, 11) is 0. The number of hydrogen-bond acceptors (Lipinski definition) is 5. The molecule has 2 aromatic heterocycles. The van der Waals surface area contributed by atoms with Gasteiger partial charge < -0.3 is 4.42 Å². The zero-order valence-corrected chi connectivity index (χ0v) is 16.5. The normalized spacial score (nSPS) is 12.1. The van der Waals surface area contributed by atoms with E-state index in [4.69, 9.17) is 4.42 Å². The van der Waals surface area contributed by atoms with Crippen LogP contribution in [0, 0.1) is 0 Å². The lowest BCUT2D eigenvalue weighted by molar-refractivity contribution is -0.137. The van der Waals surface area contributed by atoms with E-state index < -0.39 is 23.1 Å². The first-order valence-electron chi connectivity index (χ1n) is 9.41. The average Bonchev–Trinajstić information content (AvgIpc) is 3.10. The van der Waals surface area contributed by atoms with Crippen LogP contribution in [0.25, 0.3) is 22.0 Å². The Balaban J connectivity index is 1.69. The number of halogens is 3. The number of carbonyl (C=O) groups is 1. The predicted molar refractivity (Wildman–Crippen MR) is 108 cm³/mol. The lowest BCUT2D eigenvalue weighted by Crippen LogP contribution is -2.25. The highest BCUT2D eigenvalue weighted by Crippen LogP contribution is 2.31. The monoisotopic (exact) mass is 430 g/mol. The number of nitrogens with zero attached hydrogens (tertiary/aromatic N) is 3. The SMILES string of the molecule is CC(C)n1nc(CC(=O)Nc2nc3ccccc3o2)c(=O)c2ccc(C(F)(F)F)cc21. The van der Waals surface area contributed by atoms with E-state index in [1.165, 1.54) is 4.68 Å². The number of rotatable bonds is 4. The minimum absolute atomic E-state index is 0.0222. The zero-order valence-electron chi connectivity index (χ0n) is 16.5. The Morgan fingerprint density at radius 3 is 2.61 bits per heavy atom. The van der Waals surface area contributed by atoms with E-state index in [0.717, 1.165) is 18.2 Å². The van der Waals surface area contributed by atoms with Gasteiger partial charge >= 0.3 is 12.2 Å². The maximum Gasteiger partial charge on any atom is 0.416 e. The number of hydrogen-bond donors (Lipinski definition) is 1. The molecule has 31 heavy (non-hydrogen) atoms. The molecule has 0 radical (unpaired) electrons. The van der Waals surface area contributed by atoms with Gasteiger partial charge in [0.25, 0.3) is 0 Å². The fourth-order valence-electron chi connectivity index (χ4n) is 3.22. The molecule has 1 amide bonds. The molecule has 2 aromatic carbocycles. The van der Waals surface area contributed by atoms with E-state index in [0.29, 0.717) is 11.1 Å². The van der Waals surface area contributed by atoms with Crippen LogP contribution in [-0.2, 0) is 17.4 Å². The topological polar surface area (TPSA) is 90.0 Å². The van der Waals surface area contributed by atoms with Gasteiger partial charge in [0.1, 0.15) is 11.2 Å². The second-order valence-electron chi connectivity index (χ2n) is 7.26. The number of oxazole rings is 1. The molecular weight excluding hydrogens is 413 g/mol. The number of aromatic nitrogens is 3. The van der Waals surface area contributed by atoms with Gasteiger partial charge in [0.15, 0.2) is 5.58 Å². The molecule has 0 spiro atoms. The molecule has 0 saturated heterocycles. The van der Waals surface area contributed by atoms with Crippen LogP contribution in [0.5, 0.6) is 0 Å². The molecule has 1 N–H and O–H groups in total. The Kier molecular flexibility index (Phi) is 5.00. The average molecular weight is 430 g/mol. The van der Waals surface area contributed by atoms with Gasteiger partial charge in [-0.25, -0.2) is 0 Å². The highest BCUT2D eigenvalue weighted by Gasteiger charge is 2.31. The fraction of sp³-hybridized carbons (Fsp3) is 0.238. The summed E-state index contributed by atoms with van der Waals surface area (Å²) >= 11 is 0. The number of alkyl halides is 3. The van der Waals surface area contributed by atoms with E-state index in [2.05, 4.69) is 15.4 Å². The molecule has 0 fully saturated rings. The molecule has 0 aliphatic rings. The number of amides is 1. The van der Waals surface area contributed by atoms with Crippen molar-refractivity contribution in [2.45, 2.75) is 32.5 Å². The molecule has 10 heteroatoms. The van der Waals surface area contributed by atoms with Crippen LogP contribution < -0.4 is 10.7 Å². The number of anilines is 1. The standard InChI is InChI=1S/C21H17F3N4O3/c1-11(2)28-16-9-12(21(22,23)24)7-8-13(16)19(30)15(27-28)10-18(29)26-20-25-14-5-3-4-6-17(14)31-20/h3-9,11H,10H2,1-2H3,(H,25,26,29). The third-order valence-electron chi connectivity index (χ3n) is 4.66. The molecule has 7 nitrogen and oxygen atoms in total. The summed E-state index contributed by atoms with van der Waals surface area (Å²) in [4.78, 5) is 29.4. The second-order valence-corrected chi connectivity index (χ2v) is 7.26. The van der Waals surface area contributed by atoms with E-state index in [-0.39, 0.29) is 35.1 Å². The van der Waals surface area contributed by atoms with Crippen LogP contribution in [0.1, 0.15) is 31.1 Å². The van der Waals surface area contributed by atoms with Crippen LogP contribution in [0.3, 0.4) is 0 Å². The number of para-hydroxylation sites is 2. The Morgan fingerprint density at radius 1 is 1.19 bits per heavy atom. The second kappa shape index (κ2) is 7.53. The Morgan fingerprint density at radius 2 is 1.94 bits per heavy atom. The molecule has 4 rings (SSSR count). The van der Waals surface area contributed by atoms with Gasteiger partial charge in [-0.15, -0.1) is 0 Å². The summed E-state index contributed by atoms with van der Waals surface area (Å²) in [5.41, 5.74) is -0.466. The van der Waals surface area contributed by atoms with Crippen LogP contribution in [0.2, 0.25) is 0 Å². The molecule has 0 atom stereocenters. The van der Waals surface area contributed by atoms with Crippen molar-refractivity contribution in [2.75, 3.05) is 5.32 Å². The smallest absolute Gasteiger partial charge is 0.416 e. The van der Waals surface area contributed by atoms with E-state index in [9.17, 15) is 22.8 Å². The van der Waals surface area contributed by atoms with Gasteiger partial charge in [-0.2, -0.15) is 23.3 Å².